The molecule has 0 fully saturated rings. The predicted octanol–water partition coefficient (Wildman–Crippen LogP) is 5.29. The van der Waals surface area contributed by atoms with Gasteiger partial charge < -0.3 is 0 Å². The summed E-state index contributed by atoms with van der Waals surface area (Å²) < 4.78 is 4.57. The summed E-state index contributed by atoms with van der Waals surface area (Å²) in [5.41, 5.74) is 4.72. The summed E-state index contributed by atoms with van der Waals surface area (Å²) in [5, 5.41) is 0. The summed E-state index contributed by atoms with van der Waals surface area (Å²) in [6.45, 7) is 2.15. The number of fused-ring (bicyclic) bond motifs is 3. The summed E-state index contributed by atoms with van der Waals surface area (Å²) >= 11 is 5.20. The van der Waals surface area contributed by atoms with Gasteiger partial charge in [-0.25, -0.2) is 4.98 Å². The van der Waals surface area contributed by atoms with Crippen LogP contribution in [0.3, 0.4) is 0 Å². The first-order valence-corrected chi connectivity index (χ1v) is 7.96. The SMILES string of the molecule is Cc1cccc2sc3nc(-c4ccc(Br)cc4)cn3c12. The number of nitrogens with zero attached hydrogens (tertiary/aromatic N) is 2. The molecule has 0 bridgehead atoms. The second-order valence-corrected chi connectivity index (χ2v) is 6.73. The molecule has 0 aliphatic rings. The van der Waals surface area contributed by atoms with Crippen LogP contribution in [0.2, 0.25) is 0 Å². The highest BCUT2D eigenvalue weighted by atomic mass is 79.9. The average molecular weight is 343 g/mol. The number of thiazole rings is 1. The summed E-state index contributed by atoms with van der Waals surface area (Å²) in [6, 6.07) is 14.7. The van der Waals surface area contributed by atoms with Gasteiger partial charge in [0.1, 0.15) is 0 Å². The second kappa shape index (κ2) is 4.43. The molecule has 0 aliphatic carbocycles. The molecule has 20 heavy (non-hydrogen) atoms. The van der Waals surface area contributed by atoms with E-state index >= 15 is 0 Å². The first-order chi connectivity index (χ1) is 9.72. The van der Waals surface area contributed by atoms with Crippen molar-refractivity contribution in [1.82, 2.24) is 9.38 Å². The number of aryl methyl sites for hydroxylation is 1. The van der Waals surface area contributed by atoms with Gasteiger partial charge in [0.25, 0.3) is 0 Å². The van der Waals surface area contributed by atoms with Crippen LogP contribution in [0.15, 0.2) is 53.1 Å². The van der Waals surface area contributed by atoms with Crippen LogP contribution in [0, 0.1) is 6.92 Å². The maximum Gasteiger partial charge on any atom is 0.195 e. The minimum Gasteiger partial charge on any atom is -0.289 e. The van der Waals surface area contributed by atoms with Crippen LogP contribution >= 0.6 is 27.3 Å². The smallest absolute Gasteiger partial charge is 0.195 e. The van der Waals surface area contributed by atoms with E-state index in [0.717, 1.165) is 20.7 Å². The van der Waals surface area contributed by atoms with Crippen LogP contribution in [0.25, 0.3) is 26.4 Å². The third-order valence-corrected chi connectivity index (χ3v) is 5.01. The number of hydrogen-bond donors (Lipinski definition) is 0. The fraction of sp³-hybridized carbons (Fsp3) is 0.0625. The fourth-order valence-corrected chi connectivity index (χ4v) is 3.83. The van der Waals surface area contributed by atoms with Crippen LogP contribution < -0.4 is 0 Å². The lowest BCUT2D eigenvalue weighted by atomic mass is 10.2. The average Bonchev–Trinajstić information content (AvgIpc) is 2.97. The van der Waals surface area contributed by atoms with E-state index in [4.69, 9.17) is 4.98 Å². The van der Waals surface area contributed by atoms with Gasteiger partial charge in [-0.15, -0.1) is 0 Å². The Bertz CT molecular complexity index is 919. The normalized spacial score (nSPS) is 11.5. The Balaban J connectivity index is 1.97. The second-order valence-electron chi connectivity index (χ2n) is 4.81. The van der Waals surface area contributed by atoms with Crippen molar-refractivity contribution in [2.75, 3.05) is 0 Å². The van der Waals surface area contributed by atoms with E-state index in [1.54, 1.807) is 11.3 Å². The van der Waals surface area contributed by atoms with Gasteiger partial charge in [0.05, 0.1) is 15.9 Å². The number of benzene rings is 2. The Morgan fingerprint density at radius 3 is 2.70 bits per heavy atom. The first-order valence-electron chi connectivity index (χ1n) is 6.35. The highest BCUT2D eigenvalue weighted by Crippen LogP contribution is 2.31. The van der Waals surface area contributed by atoms with E-state index < -0.39 is 0 Å². The lowest BCUT2D eigenvalue weighted by molar-refractivity contribution is 1.27. The van der Waals surface area contributed by atoms with Gasteiger partial charge in [-0.1, -0.05) is 51.5 Å². The molecule has 4 aromatic rings. The monoisotopic (exact) mass is 342 g/mol. The standard InChI is InChI=1S/C16H11BrN2S/c1-10-3-2-4-14-15(10)19-9-13(18-16(19)20-14)11-5-7-12(17)8-6-11/h2-9H,1H3. The Morgan fingerprint density at radius 1 is 1.10 bits per heavy atom. The number of halogens is 1. The van der Waals surface area contributed by atoms with Gasteiger partial charge in [-0.05, 0) is 30.7 Å². The van der Waals surface area contributed by atoms with Crippen LogP contribution in [-0.4, -0.2) is 9.38 Å². The highest BCUT2D eigenvalue weighted by molar-refractivity contribution is 9.10. The van der Waals surface area contributed by atoms with Crippen LogP contribution in [0.4, 0.5) is 0 Å². The van der Waals surface area contributed by atoms with E-state index in [9.17, 15) is 0 Å². The van der Waals surface area contributed by atoms with Crippen molar-refractivity contribution in [3.63, 3.8) is 0 Å². The zero-order valence-electron chi connectivity index (χ0n) is 10.8. The molecule has 0 radical (unpaired) electrons. The first kappa shape index (κ1) is 12.1. The van der Waals surface area contributed by atoms with E-state index in [1.807, 2.05) is 12.1 Å². The van der Waals surface area contributed by atoms with Crippen molar-refractivity contribution in [3.8, 4) is 11.3 Å². The molecule has 0 N–H and O–H groups in total. The number of hydrogen-bond acceptors (Lipinski definition) is 2. The van der Waals surface area contributed by atoms with E-state index in [0.29, 0.717) is 0 Å². The van der Waals surface area contributed by atoms with Crippen molar-refractivity contribution >= 4 is 42.4 Å². The third kappa shape index (κ3) is 1.79. The Kier molecular flexibility index (Phi) is 2.69. The van der Waals surface area contributed by atoms with Gasteiger partial charge in [-0.3, -0.25) is 4.40 Å². The maximum absolute atomic E-state index is 4.76. The minimum atomic E-state index is 1.02. The number of para-hydroxylation sites is 1. The highest BCUT2D eigenvalue weighted by Gasteiger charge is 2.11. The molecule has 98 valence electrons. The molecule has 4 rings (SSSR count). The lowest BCUT2D eigenvalue weighted by Crippen LogP contribution is -1.81. The molecule has 2 aromatic carbocycles. The number of rotatable bonds is 1. The van der Waals surface area contributed by atoms with Gasteiger partial charge in [0, 0.05) is 16.2 Å². The van der Waals surface area contributed by atoms with E-state index in [2.05, 4.69) is 63.8 Å². The van der Waals surface area contributed by atoms with Gasteiger partial charge >= 0.3 is 0 Å². The largest absolute Gasteiger partial charge is 0.289 e. The summed E-state index contributed by atoms with van der Waals surface area (Å²) in [6.07, 6.45) is 2.13. The Morgan fingerprint density at radius 2 is 1.90 bits per heavy atom. The van der Waals surface area contributed by atoms with Crippen molar-refractivity contribution < 1.29 is 0 Å². The summed E-state index contributed by atoms with van der Waals surface area (Å²) in [5.74, 6) is 0. The molecule has 2 nitrogen and oxygen atoms in total. The summed E-state index contributed by atoms with van der Waals surface area (Å²) in [4.78, 5) is 5.81. The van der Waals surface area contributed by atoms with Crippen molar-refractivity contribution in [3.05, 3.63) is 58.7 Å². The maximum atomic E-state index is 4.76. The predicted molar refractivity (Wildman–Crippen MR) is 88.4 cm³/mol. The van der Waals surface area contributed by atoms with Gasteiger partial charge in [0.2, 0.25) is 0 Å². The van der Waals surface area contributed by atoms with Crippen molar-refractivity contribution in [1.29, 1.82) is 0 Å². The summed E-state index contributed by atoms with van der Waals surface area (Å²) in [7, 11) is 0. The fourth-order valence-electron chi connectivity index (χ4n) is 2.48. The Labute approximate surface area is 128 Å². The molecule has 4 heteroatoms. The topological polar surface area (TPSA) is 17.3 Å². The zero-order valence-corrected chi connectivity index (χ0v) is 13.2. The molecule has 0 saturated heterocycles. The Hall–Kier alpha value is -1.65. The van der Waals surface area contributed by atoms with E-state index in [-0.39, 0.29) is 0 Å². The van der Waals surface area contributed by atoms with Crippen LogP contribution in [0.1, 0.15) is 5.56 Å². The van der Waals surface area contributed by atoms with Crippen molar-refractivity contribution in [2.24, 2.45) is 0 Å². The lowest BCUT2D eigenvalue weighted by Gasteiger charge is -1.97. The molecular weight excluding hydrogens is 332 g/mol. The number of imidazole rings is 1. The quantitative estimate of drug-likeness (QED) is 0.459. The molecule has 0 aliphatic heterocycles. The van der Waals surface area contributed by atoms with E-state index in [1.165, 1.54) is 15.8 Å². The molecule has 2 heterocycles. The van der Waals surface area contributed by atoms with Crippen LogP contribution in [0.5, 0.6) is 0 Å². The third-order valence-electron chi connectivity index (χ3n) is 3.46. The zero-order chi connectivity index (χ0) is 13.7. The molecule has 0 amide bonds. The molecule has 0 unspecified atom stereocenters. The minimum absolute atomic E-state index is 1.02. The van der Waals surface area contributed by atoms with Crippen molar-refractivity contribution in [2.45, 2.75) is 6.92 Å². The van der Waals surface area contributed by atoms with Crippen LogP contribution in [-0.2, 0) is 0 Å². The molecule has 0 atom stereocenters. The molecule has 2 aromatic heterocycles. The molecule has 0 spiro atoms. The number of aromatic nitrogens is 2. The molecule has 0 saturated carbocycles. The molecular formula is C16H11BrN2S. The van der Waals surface area contributed by atoms with Gasteiger partial charge in [0.15, 0.2) is 4.96 Å². The van der Waals surface area contributed by atoms with Gasteiger partial charge in [-0.2, -0.15) is 0 Å².